The molecule has 2 heterocycles. The Morgan fingerprint density at radius 2 is 1.88 bits per heavy atom. The Morgan fingerprint density at radius 3 is 2.73 bits per heavy atom. The minimum absolute atomic E-state index is 0.197. The molecule has 4 rings (SSSR count). The largest absolute Gasteiger partial charge is 0.411 e. The number of nitrogens with zero attached hydrogens (tertiary/aromatic N) is 5. The van der Waals surface area contributed by atoms with Crippen molar-refractivity contribution >= 4 is 22.7 Å². The lowest BCUT2D eigenvalue weighted by atomic mass is 10.1. The second-order valence-corrected chi connectivity index (χ2v) is 6.75. The van der Waals surface area contributed by atoms with Gasteiger partial charge in [0.15, 0.2) is 0 Å². The molecule has 0 bridgehead atoms. The van der Waals surface area contributed by atoms with Gasteiger partial charge in [-0.05, 0) is 61.0 Å². The van der Waals surface area contributed by atoms with Gasteiger partial charge in [0.1, 0.15) is 11.4 Å². The molecule has 2 aromatic heterocycles. The number of thioether (sulfide) groups is 1. The Morgan fingerprint density at radius 1 is 1.04 bits per heavy atom. The zero-order chi connectivity index (χ0) is 18.1. The van der Waals surface area contributed by atoms with Gasteiger partial charge in [0.25, 0.3) is 10.8 Å². The molecule has 0 saturated carbocycles. The highest BCUT2D eigenvalue weighted by Crippen LogP contribution is 2.25. The standard InChI is InChI=1S/C18H15N5O2S/c1-11-7-8-13(9-12(11)2)16-20-21-18(25-16)26-10-23-17(24)14-5-3-4-6-15(14)19-22-23/h3-9H,10H2,1-2H3. The van der Waals surface area contributed by atoms with Gasteiger partial charge in [0.2, 0.25) is 5.89 Å². The highest BCUT2D eigenvalue weighted by atomic mass is 32.2. The Labute approximate surface area is 153 Å². The molecule has 0 N–H and O–H groups in total. The summed E-state index contributed by atoms with van der Waals surface area (Å²) in [5, 5.41) is 17.0. The zero-order valence-corrected chi connectivity index (χ0v) is 15.0. The number of hydrogen-bond acceptors (Lipinski definition) is 7. The summed E-state index contributed by atoms with van der Waals surface area (Å²) in [4.78, 5) is 12.4. The van der Waals surface area contributed by atoms with Crippen LogP contribution in [0.1, 0.15) is 11.1 Å². The predicted molar refractivity (Wildman–Crippen MR) is 98.9 cm³/mol. The first kappa shape index (κ1) is 16.5. The monoisotopic (exact) mass is 365 g/mol. The van der Waals surface area contributed by atoms with Crippen molar-refractivity contribution in [2.75, 3.05) is 0 Å². The smallest absolute Gasteiger partial charge is 0.278 e. The van der Waals surface area contributed by atoms with E-state index in [1.807, 2.05) is 31.2 Å². The highest BCUT2D eigenvalue weighted by molar-refractivity contribution is 7.98. The molecule has 2 aromatic carbocycles. The van der Waals surface area contributed by atoms with E-state index in [2.05, 4.69) is 27.4 Å². The van der Waals surface area contributed by atoms with Gasteiger partial charge in [0.05, 0.1) is 5.39 Å². The molecule has 4 aromatic rings. The third-order valence-corrected chi connectivity index (χ3v) is 4.89. The van der Waals surface area contributed by atoms with E-state index in [0.29, 0.717) is 22.0 Å². The van der Waals surface area contributed by atoms with E-state index in [0.717, 1.165) is 11.1 Å². The lowest BCUT2D eigenvalue weighted by Gasteiger charge is -2.02. The molecule has 0 unspecified atom stereocenters. The molecule has 0 radical (unpaired) electrons. The summed E-state index contributed by atoms with van der Waals surface area (Å²) in [6.07, 6.45) is 0. The predicted octanol–water partition coefficient (Wildman–Crippen LogP) is 3.21. The van der Waals surface area contributed by atoms with E-state index in [-0.39, 0.29) is 11.4 Å². The molecular weight excluding hydrogens is 350 g/mol. The van der Waals surface area contributed by atoms with Gasteiger partial charge in [-0.15, -0.1) is 15.3 Å². The zero-order valence-electron chi connectivity index (χ0n) is 14.2. The van der Waals surface area contributed by atoms with Crippen LogP contribution in [-0.4, -0.2) is 25.2 Å². The summed E-state index contributed by atoms with van der Waals surface area (Å²) in [7, 11) is 0. The molecular formula is C18H15N5O2S. The lowest BCUT2D eigenvalue weighted by molar-refractivity contribution is 0.464. The van der Waals surface area contributed by atoms with Crippen LogP contribution in [0.5, 0.6) is 0 Å². The van der Waals surface area contributed by atoms with E-state index < -0.39 is 0 Å². The van der Waals surface area contributed by atoms with E-state index in [4.69, 9.17) is 4.42 Å². The van der Waals surface area contributed by atoms with Crippen molar-refractivity contribution in [3.05, 3.63) is 63.9 Å². The molecule has 0 saturated heterocycles. The highest BCUT2D eigenvalue weighted by Gasteiger charge is 2.11. The number of rotatable bonds is 4. The van der Waals surface area contributed by atoms with Crippen molar-refractivity contribution in [3.8, 4) is 11.5 Å². The Balaban J connectivity index is 1.54. The van der Waals surface area contributed by atoms with Crippen LogP contribution in [-0.2, 0) is 5.88 Å². The molecule has 0 amide bonds. The Bertz CT molecular complexity index is 1150. The van der Waals surface area contributed by atoms with Crippen LogP contribution in [0.2, 0.25) is 0 Å². The molecule has 8 heteroatoms. The van der Waals surface area contributed by atoms with E-state index >= 15 is 0 Å². The van der Waals surface area contributed by atoms with Gasteiger partial charge in [-0.25, -0.2) is 0 Å². The average molecular weight is 365 g/mol. The molecule has 0 spiro atoms. The summed E-state index contributed by atoms with van der Waals surface area (Å²) >= 11 is 1.24. The van der Waals surface area contributed by atoms with Crippen molar-refractivity contribution in [2.24, 2.45) is 0 Å². The topological polar surface area (TPSA) is 86.7 Å². The number of fused-ring (bicyclic) bond motifs is 1. The maximum Gasteiger partial charge on any atom is 0.278 e. The summed E-state index contributed by atoms with van der Waals surface area (Å²) in [5.41, 5.74) is 3.62. The first-order chi connectivity index (χ1) is 12.6. The molecule has 7 nitrogen and oxygen atoms in total. The van der Waals surface area contributed by atoms with E-state index in [1.165, 1.54) is 22.0 Å². The molecule has 0 aliphatic carbocycles. The minimum Gasteiger partial charge on any atom is -0.411 e. The van der Waals surface area contributed by atoms with Crippen LogP contribution >= 0.6 is 11.8 Å². The van der Waals surface area contributed by atoms with Crippen molar-refractivity contribution in [1.82, 2.24) is 25.2 Å². The van der Waals surface area contributed by atoms with Crippen molar-refractivity contribution in [3.63, 3.8) is 0 Å². The SMILES string of the molecule is Cc1ccc(-c2nnc(SCn3nnc4ccccc4c3=O)o2)cc1C. The van der Waals surface area contributed by atoms with Crippen LogP contribution in [0.4, 0.5) is 0 Å². The van der Waals surface area contributed by atoms with Gasteiger partial charge in [-0.2, -0.15) is 4.68 Å². The molecule has 130 valence electrons. The van der Waals surface area contributed by atoms with E-state index in [1.54, 1.807) is 18.2 Å². The van der Waals surface area contributed by atoms with Gasteiger partial charge in [-0.3, -0.25) is 4.79 Å². The van der Waals surface area contributed by atoms with Crippen LogP contribution in [0, 0.1) is 13.8 Å². The van der Waals surface area contributed by atoms with Gasteiger partial charge in [0, 0.05) is 5.56 Å². The van der Waals surface area contributed by atoms with Crippen LogP contribution in [0.25, 0.3) is 22.4 Å². The second-order valence-electron chi connectivity index (χ2n) is 5.86. The van der Waals surface area contributed by atoms with Crippen LogP contribution in [0.15, 0.2) is 56.9 Å². The first-order valence-electron chi connectivity index (χ1n) is 7.98. The fraction of sp³-hybridized carbons (Fsp3) is 0.167. The molecule has 26 heavy (non-hydrogen) atoms. The van der Waals surface area contributed by atoms with Crippen LogP contribution in [0.3, 0.4) is 0 Å². The average Bonchev–Trinajstić information content (AvgIpc) is 3.13. The van der Waals surface area contributed by atoms with Crippen LogP contribution < -0.4 is 5.56 Å². The van der Waals surface area contributed by atoms with Gasteiger partial charge in [-0.1, -0.05) is 23.4 Å². The van der Waals surface area contributed by atoms with Crippen molar-refractivity contribution < 1.29 is 4.42 Å². The minimum atomic E-state index is -0.197. The quantitative estimate of drug-likeness (QED) is 0.513. The molecule has 0 aliphatic heterocycles. The molecule has 0 aliphatic rings. The van der Waals surface area contributed by atoms with Crippen molar-refractivity contribution in [2.45, 2.75) is 24.9 Å². The van der Waals surface area contributed by atoms with Gasteiger partial charge >= 0.3 is 0 Å². The fourth-order valence-electron chi connectivity index (χ4n) is 2.48. The number of aryl methyl sites for hydroxylation is 2. The van der Waals surface area contributed by atoms with E-state index in [9.17, 15) is 4.79 Å². The second kappa shape index (κ2) is 6.72. The Kier molecular flexibility index (Phi) is 4.26. The third kappa shape index (κ3) is 3.11. The maximum atomic E-state index is 12.4. The fourth-order valence-corrected chi connectivity index (χ4v) is 3.12. The molecule has 0 atom stereocenters. The third-order valence-electron chi connectivity index (χ3n) is 4.10. The molecule has 0 fully saturated rings. The summed E-state index contributed by atoms with van der Waals surface area (Å²) in [6, 6.07) is 13.1. The number of hydrogen-bond donors (Lipinski definition) is 0. The Hall–Kier alpha value is -3.00. The first-order valence-corrected chi connectivity index (χ1v) is 8.97. The number of benzene rings is 2. The summed E-state index contributed by atoms with van der Waals surface area (Å²) < 4.78 is 6.98. The van der Waals surface area contributed by atoms with Gasteiger partial charge < -0.3 is 4.42 Å². The lowest BCUT2D eigenvalue weighted by Crippen LogP contribution is -2.23. The van der Waals surface area contributed by atoms with Crippen molar-refractivity contribution in [1.29, 1.82) is 0 Å². The normalized spacial score (nSPS) is 11.2. The summed E-state index contributed by atoms with van der Waals surface area (Å²) in [5.74, 6) is 0.693. The maximum absolute atomic E-state index is 12.4. The summed E-state index contributed by atoms with van der Waals surface area (Å²) in [6.45, 7) is 4.09. The number of aromatic nitrogens is 5.